The SMILES string of the molecule is Cc1ccc(S(=O)(=O)N2C(=O)C[C@@H](c3cccs3)N2S(=O)(=O)c2ccc(C)cc2)cc1. The smallest absolute Gasteiger partial charge is 0.272 e. The van der Waals surface area contributed by atoms with Gasteiger partial charge in [-0.3, -0.25) is 4.79 Å². The highest BCUT2D eigenvalue weighted by atomic mass is 32.2. The van der Waals surface area contributed by atoms with Crippen molar-refractivity contribution >= 4 is 37.3 Å². The first-order valence-electron chi connectivity index (χ1n) is 9.41. The van der Waals surface area contributed by atoms with Crippen LogP contribution in [-0.2, 0) is 24.8 Å². The topological polar surface area (TPSA) is 91.8 Å². The number of nitrogens with zero attached hydrogens (tertiary/aromatic N) is 2. The standard InChI is InChI=1S/C21H20N2O5S3/c1-15-5-9-17(10-6-15)30(25,26)22-19(20-4-3-13-29-20)14-21(24)23(22)31(27,28)18-11-7-16(2)8-12-18/h3-13,19H,14H2,1-2H3/t19-/m0/s1. The first-order chi connectivity index (χ1) is 14.6. The fraction of sp³-hybridized carbons (Fsp3) is 0.190. The second kappa shape index (κ2) is 7.86. The molecule has 3 aromatic rings. The van der Waals surface area contributed by atoms with Gasteiger partial charge in [0.25, 0.3) is 26.0 Å². The molecule has 162 valence electrons. The minimum absolute atomic E-state index is 0.0848. The van der Waals surface area contributed by atoms with E-state index in [-0.39, 0.29) is 16.2 Å². The van der Waals surface area contributed by atoms with E-state index in [0.717, 1.165) is 15.5 Å². The molecule has 0 unspecified atom stereocenters. The molecule has 1 aromatic heterocycles. The van der Waals surface area contributed by atoms with Crippen LogP contribution in [-0.4, -0.2) is 31.6 Å². The average molecular weight is 477 g/mol. The molecule has 31 heavy (non-hydrogen) atoms. The second-order valence-electron chi connectivity index (χ2n) is 7.28. The summed E-state index contributed by atoms with van der Waals surface area (Å²) in [5, 5.41) is 1.76. The number of amides is 1. The summed E-state index contributed by atoms with van der Waals surface area (Å²) in [5.41, 5.74) is 1.70. The quantitative estimate of drug-likeness (QED) is 0.561. The minimum Gasteiger partial charge on any atom is -0.272 e. The molecule has 1 atom stereocenters. The van der Waals surface area contributed by atoms with Crippen LogP contribution in [0, 0.1) is 13.8 Å². The Morgan fingerprint density at radius 3 is 1.81 bits per heavy atom. The van der Waals surface area contributed by atoms with Crippen LogP contribution < -0.4 is 0 Å². The lowest BCUT2D eigenvalue weighted by molar-refractivity contribution is -0.126. The molecule has 4 rings (SSSR count). The molecule has 0 bridgehead atoms. The normalized spacial score (nSPS) is 17.9. The number of hydrogen-bond acceptors (Lipinski definition) is 6. The molecule has 1 aliphatic rings. The third-order valence-corrected chi connectivity index (χ3v) is 9.57. The maximum Gasteiger partial charge on any atom is 0.281 e. The monoisotopic (exact) mass is 476 g/mol. The number of carbonyl (C=O) groups is 1. The number of aryl methyl sites for hydroxylation is 2. The van der Waals surface area contributed by atoms with Gasteiger partial charge in [-0.1, -0.05) is 45.9 Å². The third kappa shape index (κ3) is 3.80. The van der Waals surface area contributed by atoms with Crippen LogP contribution in [0.15, 0.2) is 75.8 Å². The first-order valence-corrected chi connectivity index (χ1v) is 13.2. The first kappa shape index (κ1) is 21.7. The molecule has 0 radical (unpaired) electrons. The van der Waals surface area contributed by atoms with E-state index in [2.05, 4.69) is 0 Å². The lowest BCUT2D eigenvalue weighted by atomic mass is 10.2. The maximum absolute atomic E-state index is 13.6. The molecular formula is C21H20N2O5S3. The number of benzene rings is 2. The third-order valence-electron chi connectivity index (χ3n) is 5.01. The molecule has 1 amide bonds. The zero-order chi connectivity index (χ0) is 22.4. The Morgan fingerprint density at radius 2 is 1.32 bits per heavy atom. The Bertz CT molecular complexity index is 1310. The Morgan fingerprint density at radius 1 is 0.806 bits per heavy atom. The number of sulfonamides is 2. The molecule has 7 nitrogen and oxygen atoms in total. The summed E-state index contributed by atoms with van der Waals surface area (Å²) in [6.07, 6.45) is -0.267. The van der Waals surface area contributed by atoms with E-state index < -0.39 is 32.0 Å². The van der Waals surface area contributed by atoms with Crippen LogP contribution in [0.1, 0.15) is 28.5 Å². The largest absolute Gasteiger partial charge is 0.281 e. The molecule has 2 aromatic carbocycles. The second-order valence-corrected chi connectivity index (χ2v) is 11.8. The van der Waals surface area contributed by atoms with Gasteiger partial charge in [0.1, 0.15) is 0 Å². The van der Waals surface area contributed by atoms with Crippen LogP contribution in [0.3, 0.4) is 0 Å². The predicted molar refractivity (Wildman–Crippen MR) is 117 cm³/mol. The van der Waals surface area contributed by atoms with Crippen molar-refractivity contribution in [2.75, 3.05) is 0 Å². The van der Waals surface area contributed by atoms with Crippen molar-refractivity contribution in [2.45, 2.75) is 36.1 Å². The maximum atomic E-state index is 13.6. The predicted octanol–water partition coefficient (Wildman–Crippen LogP) is 3.63. The number of thiophene rings is 1. The zero-order valence-corrected chi connectivity index (χ0v) is 19.2. The number of hydrazine groups is 1. The summed E-state index contributed by atoms with van der Waals surface area (Å²) in [5.74, 6) is -0.797. The van der Waals surface area contributed by atoms with Gasteiger partial charge < -0.3 is 0 Å². The summed E-state index contributed by atoms with van der Waals surface area (Å²) in [7, 11) is -8.79. The van der Waals surface area contributed by atoms with Crippen molar-refractivity contribution in [2.24, 2.45) is 0 Å². The van der Waals surface area contributed by atoms with Crippen molar-refractivity contribution in [1.82, 2.24) is 8.83 Å². The van der Waals surface area contributed by atoms with E-state index in [4.69, 9.17) is 0 Å². The van der Waals surface area contributed by atoms with Gasteiger partial charge in [-0.2, -0.15) is 8.42 Å². The fourth-order valence-corrected chi connectivity index (χ4v) is 7.64. The van der Waals surface area contributed by atoms with Gasteiger partial charge in [-0.15, -0.1) is 15.8 Å². The summed E-state index contributed by atoms with van der Waals surface area (Å²) in [4.78, 5) is 13.3. The number of rotatable bonds is 5. The van der Waals surface area contributed by atoms with Crippen LogP contribution in [0.2, 0.25) is 0 Å². The Hall–Kier alpha value is -2.53. The van der Waals surface area contributed by atoms with Crippen LogP contribution in [0.5, 0.6) is 0 Å². The zero-order valence-electron chi connectivity index (χ0n) is 16.8. The fourth-order valence-electron chi connectivity index (χ4n) is 3.38. The molecule has 0 spiro atoms. The number of hydrogen-bond donors (Lipinski definition) is 0. The summed E-state index contributed by atoms with van der Waals surface area (Å²) in [6, 6.07) is 14.5. The highest BCUT2D eigenvalue weighted by molar-refractivity contribution is 7.92. The Labute approximate surface area is 185 Å². The van der Waals surface area contributed by atoms with Crippen LogP contribution in [0.25, 0.3) is 0 Å². The van der Waals surface area contributed by atoms with Crippen LogP contribution >= 0.6 is 11.3 Å². The molecule has 2 heterocycles. The van der Waals surface area contributed by atoms with Gasteiger partial charge in [0.15, 0.2) is 0 Å². The van der Waals surface area contributed by atoms with Crippen molar-refractivity contribution < 1.29 is 21.6 Å². The highest BCUT2D eigenvalue weighted by Gasteiger charge is 2.52. The van der Waals surface area contributed by atoms with Gasteiger partial charge in [0.05, 0.1) is 22.3 Å². The highest BCUT2D eigenvalue weighted by Crippen LogP contribution is 2.42. The van der Waals surface area contributed by atoms with Gasteiger partial charge in [-0.25, -0.2) is 8.42 Å². The Kier molecular flexibility index (Phi) is 5.50. The van der Waals surface area contributed by atoms with Gasteiger partial charge in [0.2, 0.25) is 0 Å². The van der Waals surface area contributed by atoms with E-state index in [1.54, 1.807) is 48.7 Å². The molecule has 0 saturated carbocycles. The molecule has 10 heteroatoms. The van der Waals surface area contributed by atoms with Crippen LogP contribution in [0.4, 0.5) is 0 Å². The molecule has 1 aliphatic heterocycles. The van der Waals surface area contributed by atoms with E-state index >= 15 is 0 Å². The Balaban J connectivity index is 1.89. The molecular weight excluding hydrogens is 456 g/mol. The van der Waals surface area contributed by atoms with Gasteiger partial charge in [0, 0.05) is 4.88 Å². The van der Waals surface area contributed by atoms with E-state index in [1.807, 2.05) is 6.92 Å². The molecule has 1 saturated heterocycles. The van der Waals surface area contributed by atoms with Crippen molar-refractivity contribution in [3.05, 3.63) is 82.0 Å². The van der Waals surface area contributed by atoms with Crippen molar-refractivity contribution in [3.8, 4) is 0 Å². The summed E-state index contributed by atoms with van der Waals surface area (Å²) in [6.45, 7) is 3.62. The van der Waals surface area contributed by atoms with E-state index in [1.165, 1.54) is 35.6 Å². The van der Waals surface area contributed by atoms with Gasteiger partial charge >= 0.3 is 0 Å². The summed E-state index contributed by atoms with van der Waals surface area (Å²) < 4.78 is 55.2. The minimum atomic E-state index is -4.44. The molecule has 0 aliphatic carbocycles. The van der Waals surface area contributed by atoms with E-state index in [9.17, 15) is 21.6 Å². The lowest BCUT2D eigenvalue weighted by Crippen LogP contribution is -2.47. The molecule has 0 N–H and O–H groups in total. The molecule has 1 fully saturated rings. The summed E-state index contributed by atoms with van der Waals surface area (Å²) >= 11 is 1.27. The van der Waals surface area contributed by atoms with E-state index in [0.29, 0.717) is 9.29 Å². The van der Waals surface area contributed by atoms with Crippen molar-refractivity contribution in [3.63, 3.8) is 0 Å². The average Bonchev–Trinajstić information content (AvgIpc) is 3.36. The lowest BCUT2D eigenvalue weighted by Gasteiger charge is -2.30. The van der Waals surface area contributed by atoms with Gasteiger partial charge in [-0.05, 0) is 49.6 Å². The van der Waals surface area contributed by atoms with Crippen molar-refractivity contribution in [1.29, 1.82) is 0 Å². The number of carbonyl (C=O) groups excluding carboxylic acids is 1.